The average molecular weight is 318 g/mol. The van der Waals surface area contributed by atoms with Gasteiger partial charge in [-0.2, -0.15) is 5.26 Å². The summed E-state index contributed by atoms with van der Waals surface area (Å²) in [7, 11) is 0. The molecule has 0 unspecified atom stereocenters. The van der Waals surface area contributed by atoms with E-state index in [4.69, 9.17) is 10.00 Å². The molecule has 24 heavy (non-hydrogen) atoms. The van der Waals surface area contributed by atoms with Crippen LogP contribution in [0, 0.1) is 11.3 Å². The molecule has 3 rings (SSSR count). The van der Waals surface area contributed by atoms with Gasteiger partial charge in [0.2, 0.25) is 0 Å². The number of aromatic hydroxyl groups is 1. The van der Waals surface area contributed by atoms with Gasteiger partial charge in [0.25, 0.3) is 0 Å². The molecule has 0 aromatic heterocycles. The minimum atomic E-state index is 0.216. The first-order chi connectivity index (χ1) is 11.8. The van der Waals surface area contributed by atoms with Crippen molar-refractivity contribution in [2.75, 3.05) is 6.54 Å². The predicted molar refractivity (Wildman–Crippen MR) is 93.3 cm³/mol. The number of hydrogen-bond acceptors (Lipinski definition) is 4. The second-order valence-electron chi connectivity index (χ2n) is 5.46. The van der Waals surface area contributed by atoms with E-state index in [2.05, 4.69) is 6.07 Å². The average Bonchev–Trinajstić information content (AvgIpc) is 2.63. The van der Waals surface area contributed by atoms with Crippen molar-refractivity contribution in [1.29, 1.82) is 5.26 Å². The molecule has 1 aliphatic rings. The highest BCUT2D eigenvalue weighted by Crippen LogP contribution is 2.37. The van der Waals surface area contributed by atoms with E-state index >= 15 is 0 Å². The Balaban J connectivity index is 1.95. The largest absolute Gasteiger partial charge is 0.507 e. The summed E-state index contributed by atoms with van der Waals surface area (Å²) in [5, 5.41) is 19.0. The maximum Gasteiger partial charge on any atom is 0.150 e. The number of nitrogens with zero attached hydrogens (tertiary/aromatic N) is 2. The number of nitriles is 1. The monoisotopic (exact) mass is 318 g/mol. The second-order valence-corrected chi connectivity index (χ2v) is 5.46. The van der Waals surface area contributed by atoms with Gasteiger partial charge in [0.05, 0.1) is 6.07 Å². The highest BCUT2D eigenvalue weighted by atomic mass is 16.5. The summed E-state index contributed by atoms with van der Waals surface area (Å²) in [6, 6.07) is 17.3. The normalized spacial score (nSPS) is 13.1. The quantitative estimate of drug-likeness (QED) is 0.827. The molecule has 1 N–H and O–H groups in total. The molecular weight excluding hydrogens is 300 g/mol. The van der Waals surface area contributed by atoms with Gasteiger partial charge in [0.1, 0.15) is 12.0 Å². The fraction of sp³-hybridized carbons (Fsp3) is 0.150. The van der Waals surface area contributed by atoms with E-state index in [-0.39, 0.29) is 5.75 Å². The third kappa shape index (κ3) is 3.41. The third-order valence-corrected chi connectivity index (χ3v) is 3.81. The second kappa shape index (κ2) is 7.38. The van der Waals surface area contributed by atoms with Crippen LogP contribution in [0.3, 0.4) is 0 Å². The summed E-state index contributed by atoms with van der Waals surface area (Å²) >= 11 is 0. The van der Waals surface area contributed by atoms with Gasteiger partial charge >= 0.3 is 0 Å². The lowest BCUT2D eigenvalue weighted by atomic mass is 9.97. The van der Waals surface area contributed by atoms with E-state index in [0.29, 0.717) is 12.2 Å². The molecule has 0 saturated heterocycles. The van der Waals surface area contributed by atoms with Gasteiger partial charge in [0, 0.05) is 36.5 Å². The summed E-state index contributed by atoms with van der Waals surface area (Å²) in [5.41, 5.74) is 2.51. The Morgan fingerprint density at radius 1 is 1.08 bits per heavy atom. The molecular formula is C20H18N2O2. The minimum Gasteiger partial charge on any atom is -0.507 e. The van der Waals surface area contributed by atoms with Crippen molar-refractivity contribution in [3.63, 3.8) is 0 Å². The van der Waals surface area contributed by atoms with Crippen molar-refractivity contribution >= 4 is 5.76 Å². The Kier molecular flexibility index (Phi) is 4.83. The van der Waals surface area contributed by atoms with E-state index in [1.807, 2.05) is 53.7 Å². The van der Waals surface area contributed by atoms with E-state index in [1.54, 1.807) is 18.4 Å². The maximum absolute atomic E-state index is 10.4. The van der Waals surface area contributed by atoms with E-state index in [0.717, 1.165) is 29.7 Å². The molecule has 2 aromatic carbocycles. The Bertz CT molecular complexity index is 804. The van der Waals surface area contributed by atoms with Crippen LogP contribution in [-0.2, 0) is 4.74 Å². The summed E-state index contributed by atoms with van der Waals surface area (Å²) < 4.78 is 5.68. The fourth-order valence-electron chi connectivity index (χ4n) is 2.67. The van der Waals surface area contributed by atoms with Crippen molar-refractivity contribution in [2.24, 2.45) is 0 Å². The molecule has 0 atom stereocenters. The maximum atomic E-state index is 10.4. The summed E-state index contributed by atoms with van der Waals surface area (Å²) in [4.78, 5) is 2.00. The fourth-order valence-corrected chi connectivity index (χ4v) is 2.67. The standard InChI is InChI=1S/C20H18N2O2/c21-11-4-5-12-22-13-14-24-19(15-22)17-9-6-10-18(23)20(17)16-7-2-1-3-8-16/h1-3,6-10,13-15,23H,4-5,12H2. The van der Waals surface area contributed by atoms with Crippen LogP contribution in [0.4, 0.5) is 0 Å². The molecule has 1 aliphatic heterocycles. The topological polar surface area (TPSA) is 56.5 Å². The van der Waals surface area contributed by atoms with Crippen LogP contribution in [0.25, 0.3) is 16.9 Å². The molecule has 0 radical (unpaired) electrons. The molecule has 0 saturated carbocycles. The summed E-state index contributed by atoms with van der Waals surface area (Å²) in [5.74, 6) is 0.887. The van der Waals surface area contributed by atoms with Gasteiger partial charge in [0.15, 0.2) is 5.76 Å². The zero-order valence-corrected chi connectivity index (χ0v) is 13.2. The molecule has 4 nitrogen and oxygen atoms in total. The van der Waals surface area contributed by atoms with E-state index in [1.165, 1.54) is 0 Å². The van der Waals surface area contributed by atoms with Crippen LogP contribution < -0.4 is 0 Å². The first-order valence-electron chi connectivity index (χ1n) is 7.85. The summed E-state index contributed by atoms with van der Waals surface area (Å²) in [6.07, 6.45) is 6.68. The molecule has 4 heteroatoms. The van der Waals surface area contributed by atoms with Gasteiger partial charge in [-0.25, -0.2) is 0 Å². The number of rotatable bonds is 5. The SMILES string of the molecule is N#CCCCN1C=COC(c2cccc(O)c2-c2ccccc2)=C1. The van der Waals surface area contributed by atoms with Crippen molar-refractivity contribution < 1.29 is 9.84 Å². The predicted octanol–water partition coefficient (Wildman–Crippen LogP) is 4.46. The molecule has 0 aliphatic carbocycles. The molecule has 120 valence electrons. The van der Waals surface area contributed by atoms with Crippen molar-refractivity contribution in [3.8, 4) is 22.9 Å². The Morgan fingerprint density at radius 2 is 1.92 bits per heavy atom. The number of ether oxygens (including phenoxy) is 1. The molecule has 2 aromatic rings. The van der Waals surface area contributed by atoms with Crippen molar-refractivity contribution in [3.05, 3.63) is 72.8 Å². The van der Waals surface area contributed by atoms with E-state index < -0.39 is 0 Å². The lowest BCUT2D eigenvalue weighted by molar-refractivity contribution is 0.370. The van der Waals surface area contributed by atoms with Crippen molar-refractivity contribution in [1.82, 2.24) is 4.90 Å². The number of hydrogen-bond donors (Lipinski definition) is 1. The molecule has 0 bridgehead atoms. The number of phenolic OH excluding ortho intramolecular Hbond substituents is 1. The van der Waals surface area contributed by atoms with Gasteiger partial charge < -0.3 is 14.7 Å². The minimum absolute atomic E-state index is 0.216. The molecule has 0 fully saturated rings. The first kappa shape index (κ1) is 15.7. The van der Waals surface area contributed by atoms with Crippen LogP contribution in [0.2, 0.25) is 0 Å². The van der Waals surface area contributed by atoms with E-state index in [9.17, 15) is 5.11 Å². The van der Waals surface area contributed by atoms with Crippen LogP contribution in [0.1, 0.15) is 18.4 Å². The Labute approximate surface area is 141 Å². The smallest absolute Gasteiger partial charge is 0.150 e. The zero-order valence-electron chi connectivity index (χ0n) is 13.2. The van der Waals surface area contributed by atoms with Gasteiger partial charge in [-0.3, -0.25) is 0 Å². The van der Waals surface area contributed by atoms with Crippen LogP contribution in [0.5, 0.6) is 5.75 Å². The highest BCUT2D eigenvalue weighted by Gasteiger charge is 2.17. The lowest BCUT2D eigenvalue weighted by Crippen LogP contribution is -2.15. The summed E-state index contributed by atoms with van der Waals surface area (Å²) in [6.45, 7) is 0.746. The number of benzene rings is 2. The van der Waals surface area contributed by atoms with Crippen molar-refractivity contribution in [2.45, 2.75) is 12.8 Å². The van der Waals surface area contributed by atoms with Crippen LogP contribution in [-0.4, -0.2) is 16.6 Å². The Hall–Kier alpha value is -3.19. The van der Waals surface area contributed by atoms with Gasteiger partial charge in [-0.1, -0.05) is 42.5 Å². The third-order valence-electron chi connectivity index (χ3n) is 3.81. The van der Waals surface area contributed by atoms with Gasteiger partial charge in [-0.15, -0.1) is 0 Å². The van der Waals surface area contributed by atoms with Gasteiger partial charge in [-0.05, 0) is 18.1 Å². The Morgan fingerprint density at radius 3 is 2.71 bits per heavy atom. The number of phenols is 1. The zero-order chi connectivity index (χ0) is 16.8. The molecule has 0 spiro atoms. The molecule has 0 amide bonds. The highest BCUT2D eigenvalue weighted by molar-refractivity contribution is 5.83. The first-order valence-corrected chi connectivity index (χ1v) is 7.85. The lowest BCUT2D eigenvalue weighted by Gasteiger charge is -2.22. The van der Waals surface area contributed by atoms with Crippen LogP contribution >= 0.6 is 0 Å². The number of unbranched alkanes of at least 4 members (excludes halogenated alkanes) is 1. The molecule has 1 heterocycles. The van der Waals surface area contributed by atoms with Crippen LogP contribution in [0.15, 0.2) is 67.2 Å².